The maximum atomic E-state index is 11.4. The first-order valence-electron chi connectivity index (χ1n) is 8.22. The normalized spacial score (nSPS) is 48.2. The third kappa shape index (κ3) is 2.55. The fourth-order valence-corrected chi connectivity index (χ4v) is 5.36. The van der Waals surface area contributed by atoms with E-state index in [0.29, 0.717) is 0 Å². The van der Waals surface area contributed by atoms with Crippen molar-refractivity contribution in [1.29, 1.82) is 0 Å². The summed E-state index contributed by atoms with van der Waals surface area (Å²) in [5.41, 5.74) is -1.92. The van der Waals surface area contributed by atoms with Crippen molar-refractivity contribution in [1.82, 2.24) is 0 Å². The van der Waals surface area contributed by atoms with Crippen LogP contribution in [0.25, 0.3) is 0 Å². The molecule has 2 fully saturated rings. The molecular weight excluding hydrogens is 280 g/mol. The van der Waals surface area contributed by atoms with Crippen LogP contribution in [0.3, 0.4) is 0 Å². The summed E-state index contributed by atoms with van der Waals surface area (Å²) in [4.78, 5) is 11.4. The van der Waals surface area contributed by atoms with Gasteiger partial charge >= 0.3 is 0 Å². The van der Waals surface area contributed by atoms with Crippen LogP contribution in [0, 0.1) is 22.7 Å². The average molecular weight is 310 g/mol. The van der Waals surface area contributed by atoms with E-state index in [0.717, 1.165) is 19.3 Å². The van der Waals surface area contributed by atoms with Gasteiger partial charge in [0.1, 0.15) is 6.10 Å². The van der Waals surface area contributed by atoms with Gasteiger partial charge in [0.15, 0.2) is 5.78 Å². The monoisotopic (exact) mass is 310 g/mol. The highest BCUT2D eigenvalue weighted by atomic mass is 16.4. The molecule has 2 rings (SSSR count). The van der Waals surface area contributed by atoms with E-state index in [2.05, 4.69) is 20.8 Å². The molecule has 4 heteroatoms. The highest BCUT2D eigenvalue weighted by molar-refractivity contribution is 5.87. The first-order chi connectivity index (χ1) is 9.94. The Morgan fingerprint density at radius 2 is 1.73 bits per heavy atom. The van der Waals surface area contributed by atoms with Gasteiger partial charge in [0.05, 0.1) is 11.7 Å². The summed E-state index contributed by atoms with van der Waals surface area (Å²) < 4.78 is 0. The second-order valence-corrected chi connectivity index (χ2v) is 8.43. The molecule has 0 radical (unpaired) electrons. The summed E-state index contributed by atoms with van der Waals surface area (Å²) in [6, 6.07) is 0. The van der Waals surface area contributed by atoms with E-state index in [9.17, 15) is 20.1 Å². The Labute approximate surface area is 133 Å². The Bertz CT molecular complexity index is 479. The van der Waals surface area contributed by atoms with Crippen molar-refractivity contribution in [3.8, 4) is 0 Å². The molecule has 126 valence electrons. The molecule has 0 aromatic carbocycles. The third-order valence-electron chi connectivity index (χ3n) is 6.22. The highest BCUT2D eigenvalue weighted by Gasteiger charge is 2.64. The highest BCUT2D eigenvalue weighted by Crippen LogP contribution is 2.62. The summed E-state index contributed by atoms with van der Waals surface area (Å²) in [6.45, 7) is 9.37. The molecule has 0 saturated heterocycles. The quantitative estimate of drug-likeness (QED) is 0.682. The number of carbonyl (C=O) groups is 1. The first-order valence-corrected chi connectivity index (χ1v) is 8.22. The number of hydrogen-bond acceptors (Lipinski definition) is 4. The zero-order valence-corrected chi connectivity index (χ0v) is 14.3. The van der Waals surface area contributed by atoms with Gasteiger partial charge in [-0.15, -0.1) is 0 Å². The fourth-order valence-electron chi connectivity index (χ4n) is 5.36. The average Bonchev–Trinajstić information content (AvgIpc) is 2.34. The maximum absolute atomic E-state index is 11.4. The minimum Gasteiger partial charge on any atom is -0.390 e. The molecule has 0 aliphatic heterocycles. The molecule has 0 unspecified atom stereocenters. The number of fused-ring (bicyclic) bond motifs is 1. The van der Waals surface area contributed by atoms with E-state index in [4.69, 9.17) is 0 Å². The Kier molecular flexibility index (Phi) is 4.35. The topological polar surface area (TPSA) is 77.8 Å². The van der Waals surface area contributed by atoms with Crippen molar-refractivity contribution in [2.45, 2.75) is 71.7 Å². The lowest BCUT2D eigenvalue weighted by Crippen LogP contribution is -2.69. The molecule has 0 amide bonds. The zero-order chi connectivity index (χ0) is 16.9. The molecular formula is C18H30O4. The number of allylic oxidation sites excluding steroid dienone is 1. The maximum Gasteiger partial charge on any atom is 0.152 e. The lowest BCUT2D eigenvalue weighted by Gasteiger charge is -2.63. The van der Waals surface area contributed by atoms with Crippen LogP contribution in [-0.4, -0.2) is 38.9 Å². The van der Waals surface area contributed by atoms with Crippen LogP contribution >= 0.6 is 0 Å². The van der Waals surface area contributed by atoms with Crippen LogP contribution in [0.2, 0.25) is 0 Å². The van der Waals surface area contributed by atoms with Gasteiger partial charge in [-0.05, 0) is 49.5 Å². The Balaban J connectivity index is 2.55. The lowest BCUT2D eigenvalue weighted by molar-refractivity contribution is -0.255. The first kappa shape index (κ1) is 17.6. The standard InChI is InChI=1S/C18H30O4/c1-11(19)7-8-12-17(4)10-6-9-16(2,3)14(17)13(20)15(21)18(12,5)22/h7-8,12-15,20-22H,6,9-10H2,1-5H3/t12-,13-,14+,15+,17-,18+/m1/s1. The van der Waals surface area contributed by atoms with E-state index in [-0.39, 0.29) is 28.4 Å². The largest absolute Gasteiger partial charge is 0.390 e. The van der Waals surface area contributed by atoms with E-state index in [1.54, 1.807) is 13.0 Å². The Morgan fingerprint density at radius 3 is 2.27 bits per heavy atom. The van der Waals surface area contributed by atoms with Crippen molar-refractivity contribution in [2.75, 3.05) is 0 Å². The molecule has 3 N–H and O–H groups in total. The third-order valence-corrected chi connectivity index (χ3v) is 6.22. The summed E-state index contributed by atoms with van der Waals surface area (Å²) in [5, 5.41) is 32.1. The molecule has 2 aliphatic carbocycles. The number of aliphatic hydroxyl groups excluding tert-OH is 2. The predicted octanol–water partition coefficient (Wildman–Crippen LogP) is 2.07. The van der Waals surface area contributed by atoms with E-state index in [1.165, 1.54) is 13.0 Å². The second-order valence-electron chi connectivity index (χ2n) is 8.43. The summed E-state index contributed by atoms with van der Waals surface area (Å²) in [6.07, 6.45) is 3.92. The molecule has 4 nitrogen and oxygen atoms in total. The van der Waals surface area contributed by atoms with Crippen LogP contribution in [0.4, 0.5) is 0 Å². The van der Waals surface area contributed by atoms with Gasteiger partial charge in [-0.1, -0.05) is 33.3 Å². The molecule has 0 aromatic heterocycles. The molecule has 0 aromatic rings. The second kappa shape index (κ2) is 5.43. The summed E-state index contributed by atoms with van der Waals surface area (Å²) in [5.74, 6) is -0.566. The fraction of sp³-hybridized carbons (Fsp3) is 0.833. The van der Waals surface area contributed by atoms with Crippen LogP contribution in [0.1, 0.15) is 53.9 Å². The lowest BCUT2D eigenvalue weighted by atomic mass is 9.44. The van der Waals surface area contributed by atoms with Crippen molar-refractivity contribution >= 4 is 5.78 Å². The molecule has 6 atom stereocenters. The molecule has 2 saturated carbocycles. The van der Waals surface area contributed by atoms with E-state index in [1.807, 2.05) is 0 Å². The minimum atomic E-state index is -1.45. The van der Waals surface area contributed by atoms with Crippen molar-refractivity contribution in [3.05, 3.63) is 12.2 Å². The Morgan fingerprint density at radius 1 is 1.14 bits per heavy atom. The van der Waals surface area contributed by atoms with Crippen LogP contribution in [-0.2, 0) is 4.79 Å². The zero-order valence-electron chi connectivity index (χ0n) is 14.3. The smallest absolute Gasteiger partial charge is 0.152 e. The van der Waals surface area contributed by atoms with Crippen molar-refractivity contribution in [3.63, 3.8) is 0 Å². The number of aliphatic hydroxyl groups is 3. The number of carbonyl (C=O) groups excluding carboxylic acids is 1. The van der Waals surface area contributed by atoms with E-state index < -0.39 is 17.8 Å². The van der Waals surface area contributed by atoms with Crippen LogP contribution in [0.5, 0.6) is 0 Å². The van der Waals surface area contributed by atoms with Gasteiger partial charge < -0.3 is 15.3 Å². The van der Waals surface area contributed by atoms with Crippen LogP contribution < -0.4 is 0 Å². The summed E-state index contributed by atoms with van der Waals surface area (Å²) in [7, 11) is 0. The number of rotatable bonds is 2. The number of hydrogen-bond donors (Lipinski definition) is 3. The molecule has 0 spiro atoms. The van der Waals surface area contributed by atoms with Gasteiger partial charge in [-0.2, -0.15) is 0 Å². The van der Waals surface area contributed by atoms with Crippen LogP contribution in [0.15, 0.2) is 12.2 Å². The molecule has 0 bridgehead atoms. The SMILES string of the molecule is CC(=O)C=C[C@H]1[C@](C)(O)[C@@H](O)[C@H](O)[C@H]2C(C)(C)CCC[C@@]21C. The molecule has 2 aliphatic rings. The molecule has 22 heavy (non-hydrogen) atoms. The van der Waals surface area contributed by atoms with Gasteiger partial charge in [-0.3, -0.25) is 4.79 Å². The van der Waals surface area contributed by atoms with Gasteiger partial charge in [-0.25, -0.2) is 0 Å². The minimum absolute atomic E-state index is 0.0772. The van der Waals surface area contributed by atoms with E-state index >= 15 is 0 Å². The molecule has 0 heterocycles. The Hall–Kier alpha value is -0.710. The van der Waals surface area contributed by atoms with Crippen molar-refractivity contribution < 1.29 is 20.1 Å². The van der Waals surface area contributed by atoms with Crippen molar-refractivity contribution in [2.24, 2.45) is 22.7 Å². The van der Waals surface area contributed by atoms with Gasteiger partial charge in [0, 0.05) is 5.92 Å². The number of ketones is 1. The van der Waals surface area contributed by atoms with Gasteiger partial charge in [0.25, 0.3) is 0 Å². The van der Waals surface area contributed by atoms with Gasteiger partial charge in [0.2, 0.25) is 0 Å². The summed E-state index contributed by atoms with van der Waals surface area (Å²) >= 11 is 0. The predicted molar refractivity (Wildman–Crippen MR) is 85.2 cm³/mol.